The number of hydrogen-bond acceptors (Lipinski definition) is 0. The minimum absolute atomic E-state index is 0.845. The molecule has 0 aromatic heterocycles. The fraction of sp³-hybridized carbons (Fsp3) is 0.333. The zero-order chi connectivity index (χ0) is 5.70. The van der Waals surface area contributed by atoms with Crippen LogP contribution in [0, 0.1) is 0 Å². The largest absolute Gasteiger partial charge is 0.121 e. The molecular weight excluding hydrogens is 82.9 g/mol. The Hall–Kier alpha value is -0.455. The van der Waals surface area contributed by atoms with Crippen LogP contribution in [0.15, 0.2) is 23.7 Å². The quantitative estimate of drug-likeness (QED) is 0.340. The minimum Gasteiger partial charge on any atom is -0.121 e. The van der Waals surface area contributed by atoms with Gasteiger partial charge in [0.15, 0.2) is 0 Å². The summed E-state index contributed by atoms with van der Waals surface area (Å²) in [5.74, 6) is 0. The Morgan fingerprint density at radius 1 is 1.57 bits per heavy atom. The SMILES string of the molecule is [B]C(C)=CC=CC. The van der Waals surface area contributed by atoms with Crippen molar-refractivity contribution in [2.75, 3.05) is 0 Å². The van der Waals surface area contributed by atoms with Crippen LogP contribution >= 0.6 is 0 Å². The van der Waals surface area contributed by atoms with Crippen molar-refractivity contribution in [3.63, 3.8) is 0 Å². The second-order valence-electron chi connectivity index (χ2n) is 1.44. The van der Waals surface area contributed by atoms with Gasteiger partial charge in [0.25, 0.3) is 0 Å². The topological polar surface area (TPSA) is 0 Å². The van der Waals surface area contributed by atoms with E-state index in [1.165, 1.54) is 0 Å². The van der Waals surface area contributed by atoms with Crippen molar-refractivity contribution in [2.24, 2.45) is 0 Å². The molecule has 0 fully saturated rings. The second kappa shape index (κ2) is 3.73. The molecule has 0 amide bonds. The second-order valence-corrected chi connectivity index (χ2v) is 1.44. The Morgan fingerprint density at radius 3 is 2.29 bits per heavy atom. The lowest BCUT2D eigenvalue weighted by molar-refractivity contribution is 1.64. The lowest BCUT2D eigenvalue weighted by atomic mass is 9.98. The Bertz CT molecular complexity index is 86.4. The summed E-state index contributed by atoms with van der Waals surface area (Å²) in [6.07, 6.45) is 5.71. The van der Waals surface area contributed by atoms with Gasteiger partial charge >= 0.3 is 0 Å². The highest BCUT2D eigenvalue weighted by molar-refractivity contribution is 6.21. The van der Waals surface area contributed by atoms with Gasteiger partial charge in [-0.15, -0.1) is 5.47 Å². The molecule has 0 saturated carbocycles. The van der Waals surface area contributed by atoms with Gasteiger partial charge < -0.3 is 0 Å². The van der Waals surface area contributed by atoms with E-state index in [9.17, 15) is 0 Å². The van der Waals surface area contributed by atoms with Crippen molar-refractivity contribution in [1.29, 1.82) is 0 Å². The van der Waals surface area contributed by atoms with E-state index in [0.29, 0.717) is 0 Å². The van der Waals surface area contributed by atoms with E-state index in [-0.39, 0.29) is 0 Å². The van der Waals surface area contributed by atoms with Gasteiger partial charge in [0.05, 0.1) is 0 Å². The summed E-state index contributed by atoms with van der Waals surface area (Å²) in [6, 6.07) is 0. The van der Waals surface area contributed by atoms with Gasteiger partial charge in [-0.1, -0.05) is 25.2 Å². The molecule has 0 rings (SSSR count). The molecule has 0 aliphatic carbocycles. The van der Waals surface area contributed by atoms with Crippen molar-refractivity contribution in [3.8, 4) is 0 Å². The van der Waals surface area contributed by atoms with Gasteiger partial charge in [-0.3, -0.25) is 0 Å². The minimum atomic E-state index is 0.845. The van der Waals surface area contributed by atoms with Crippen LogP contribution in [-0.4, -0.2) is 7.85 Å². The highest BCUT2D eigenvalue weighted by Gasteiger charge is 1.65. The third kappa shape index (κ3) is 5.54. The molecule has 1 heteroatoms. The van der Waals surface area contributed by atoms with Crippen LogP contribution in [0.2, 0.25) is 0 Å². The lowest BCUT2D eigenvalue weighted by Gasteiger charge is -1.78. The van der Waals surface area contributed by atoms with Gasteiger partial charge in [0, 0.05) is 0 Å². The van der Waals surface area contributed by atoms with Crippen LogP contribution < -0.4 is 0 Å². The predicted molar refractivity (Wildman–Crippen MR) is 34.3 cm³/mol. The molecule has 7 heavy (non-hydrogen) atoms. The number of rotatable bonds is 1. The summed E-state index contributed by atoms with van der Waals surface area (Å²) in [7, 11) is 5.29. The van der Waals surface area contributed by atoms with E-state index in [4.69, 9.17) is 7.85 Å². The first-order valence-corrected chi connectivity index (χ1v) is 2.32. The first-order valence-electron chi connectivity index (χ1n) is 2.32. The molecule has 0 N–H and O–H groups in total. The summed E-state index contributed by atoms with van der Waals surface area (Å²) in [6.45, 7) is 3.82. The summed E-state index contributed by atoms with van der Waals surface area (Å²) < 4.78 is 0. The lowest BCUT2D eigenvalue weighted by Crippen LogP contribution is -1.65. The molecule has 0 bridgehead atoms. The molecule has 0 aromatic carbocycles. The Labute approximate surface area is 46.3 Å². The van der Waals surface area contributed by atoms with Crippen molar-refractivity contribution in [2.45, 2.75) is 13.8 Å². The molecule has 0 nitrogen and oxygen atoms in total. The van der Waals surface area contributed by atoms with Crippen LogP contribution in [0.5, 0.6) is 0 Å². The van der Waals surface area contributed by atoms with Crippen molar-refractivity contribution < 1.29 is 0 Å². The third-order valence-electron chi connectivity index (χ3n) is 0.552. The molecule has 2 radical (unpaired) electrons. The van der Waals surface area contributed by atoms with Crippen molar-refractivity contribution in [1.82, 2.24) is 0 Å². The molecule has 0 aliphatic rings. The monoisotopic (exact) mass is 92.1 g/mol. The van der Waals surface area contributed by atoms with Crippen LogP contribution in [0.3, 0.4) is 0 Å². The van der Waals surface area contributed by atoms with Crippen LogP contribution in [0.1, 0.15) is 13.8 Å². The van der Waals surface area contributed by atoms with Gasteiger partial charge in [-0.2, -0.15) is 0 Å². The predicted octanol–water partition coefficient (Wildman–Crippen LogP) is 1.63. The first-order chi connectivity index (χ1) is 3.27. The molecule has 0 spiro atoms. The summed E-state index contributed by atoms with van der Waals surface area (Å²) in [5.41, 5.74) is 0.845. The smallest absolute Gasteiger partial charge is 0.107 e. The molecule has 0 aliphatic heterocycles. The van der Waals surface area contributed by atoms with E-state index in [1.54, 1.807) is 0 Å². The Kier molecular flexibility index (Phi) is 3.48. The fourth-order valence-corrected chi connectivity index (χ4v) is 0.248. The van der Waals surface area contributed by atoms with E-state index < -0.39 is 0 Å². The Balaban J connectivity index is 3.46. The third-order valence-corrected chi connectivity index (χ3v) is 0.552. The molecule has 0 unspecified atom stereocenters. The van der Waals surface area contributed by atoms with E-state index in [1.807, 2.05) is 32.1 Å². The average molecular weight is 92.0 g/mol. The summed E-state index contributed by atoms with van der Waals surface area (Å²) in [4.78, 5) is 0. The molecule has 0 saturated heterocycles. The van der Waals surface area contributed by atoms with Gasteiger partial charge in [0.1, 0.15) is 7.85 Å². The highest BCUT2D eigenvalue weighted by Crippen LogP contribution is 1.82. The maximum absolute atomic E-state index is 5.29. The summed E-state index contributed by atoms with van der Waals surface area (Å²) in [5, 5.41) is 0. The molecular formula is C6H9B. The van der Waals surface area contributed by atoms with E-state index in [2.05, 4.69) is 0 Å². The standard InChI is InChI=1S/C6H9B/c1-3-4-5-6(2)7/h3-5H,1-2H3. The van der Waals surface area contributed by atoms with E-state index in [0.717, 1.165) is 5.47 Å². The highest BCUT2D eigenvalue weighted by atomic mass is 13.6. The number of allylic oxidation sites excluding steroid dienone is 4. The van der Waals surface area contributed by atoms with E-state index >= 15 is 0 Å². The molecule has 36 valence electrons. The average Bonchev–Trinajstić information content (AvgIpc) is 1.61. The van der Waals surface area contributed by atoms with Crippen molar-refractivity contribution >= 4 is 7.85 Å². The van der Waals surface area contributed by atoms with Crippen molar-refractivity contribution in [3.05, 3.63) is 23.7 Å². The van der Waals surface area contributed by atoms with Gasteiger partial charge in [0.2, 0.25) is 0 Å². The Morgan fingerprint density at radius 2 is 2.14 bits per heavy atom. The molecule has 0 atom stereocenters. The van der Waals surface area contributed by atoms with Gasteiger partial charge in [-0.05, 0) is 6.92 Å². The maximum Gasteiger partial charge on any atom is 0.107 e. The first kappa shape index (κ1) is 6.54. The maximum atomic E-state index is 5.29. The molecule has 0 heterocycles. The zero-order valence-corrected chi connectivity index (χ0v) is 4.81. The van der Waals surface area contributed by atoms with Crippen LogP contribution in [-0.2, 0) is 0 Å². The number of hydrogen-bond donors (Lipinski definition) is 0. The zero-order valence-electron chi connectivity index (χ0n) is 4.81. The fourth-order valence-electron chi connectivity index (χ4n) is 0.248. The van der Waals surface area contributed by atoms with Crippen LogP contribution in [0.4, 0.5) is 0 Å². The molecule has 0 aromatic rings. The van der Waals surface area contributed by atoms with Crippen LogP contribution in [0.25, 0.3) is 0 Å². The van der Waals surface area contributed by atoms with Gasteiger partial charge in [-0.25, -0.2) is 0 Å². The normalized spacial score (nSPS) is 13.1. The summed E-state index contributed by atoms with van der Waals surface area (Å²) >= 11 is 0.